The highest BCUT2D eigenvalue weighted by Crippen LogP contribution is 2.49. The van der Waals surface area contributed by atoms with Gasteiger partial charge in [0.2, 0.25) is 0 Å². The second-order valence-electron chi connectivity index (χ2n) is 4.35. The van der Waals surface area contributed by atoms with Crippen LogP contribution in [0.15, 0.2) is 41.9 Å². The van der Waals surface area contributed by atoms with Crippen LogP contribution < -0.4 is 0 Å². The second-order valence-corrected chi connectivity index (χ2v) is 6.41. The topological polar surface area (TPSA) is 61.8 Å². The predicted molar refractivity (Wildman–Crippen MR) is 76.4 cm³/mol. The normalized spacial score (nSPS) is 12.6. The molecule has 0 aliphatic rings. The van der Waals surface area contributed by atoms with Crippen LogP contribution in [0.1, 0.15) is 24.2 Å². The Morgan fingerprint density at radius 3 is 2.15 bits per heavy atom. The SMILES string of the molecule is COP(=O)(/C=C(\OC(=O)c1ccccc1)C(C)C)OC. The van der Waals surface area contributed by atoms with E-state index in [0.29, 0.717) is 5.56 Å². The summed E-state index contributed by atoms with van der Waals surface area (Å²) in [5, 5.41) is 0. The number of esters is 1. The highest BCUT2D eigenvalue weighted by Gasteiger charge is 2.23. The van der Waals surface area contributed by atoms with Crippen LogP contribution in [0, 0.1) is 5.92 Å². The van der Waals surface area contributed by atoms with Gasteiger partial charge in [0.05, 0.1) is 11.4 Å². The van der Waals surface area contributed by atoms with Crippen molar-refractivity contribution in [3.05, 3.63) is 47.5 Å². The molecular weight excluding hydrogens is 279 g/mol. The molecule has 6 heteroatoms. The first kappa shape index (κ1) is 16.6. The summed E-state index contributed by atoms with van der Waals surface area (Å²) < 4.78 is 27.0. The van der Waals surface area contributed by atoms with Gasteiger partial charge in [0, 0.05) is 20.1 Å². The van der Waals surface area contributed by atoms with Crippen molar-refractivity contribution in [3.63, 3.8) is 0 Å². The van der Waals surface area contributed by atoms with Crippen LogP contribution in [0.5, 0.6) is 0 Å². The number of allylic oxidation sites excluding steroid dienone is 1. The molecule has 1 aromatic rings. The summed E-state index contributed by atoms with van der Waals surface area (Å²) in [5.74, 6) is 0.842. The fourth-order valence-corrected chi connectivity index (χ4v) is 2.39. The van der Waals surface area contributed by atoms with Crippen molar-refractivity contribution in [2.45, 2.75) is 13.8 Å². The van der Waals surface area contributed by atoms with Crippen molar-refractivity contribution in [2.24, 2.45) is 5.92 Å². The summed E-state index contributed by atoms with van der Waals surface area (Å²) in [4.78, 5) is 12.0. The monoisotopic (exact) mass is 298 g/mol. The zero-order valence-corrected chi connectivity index (χ0v) is 12.9. The lowest BCUT2D eigenvalue weighted by Gasteiger charge is -2.15. The molecule has 0 amide bonds. The minimum Gasteiger partial charge on any atom is -0.427 e. The van der Waals surface area contributed by atoms with E-state index in [4.69, 9.17) is 13.8 Å². The Labute approximate surface area is 119 Å². The standard InChI is InChI=1S/C14H19O5P/c1-11(2)13(10-20(16,17-3)18-4)19-14(15)12-8-6-5-7-9-12/h5-11H,1-4H3/b13-10-. The molecule has 1 aromatic carbocycles. The van der Waals surface area contributed by atoms with E-state index in [1.54, 1.807) is 30.3 Å². The molecule has 0 heterocycles. The minimum absolute atomic E-state index is 0.138. The summed E-state index contributed by atoms with van der Waals surface area (Å²) >= 11 is 0. The summed E-state index contributed by atoms with van der Waals surface area (Å²) in [6.45, 7) is 3.64. The third-order valence-corrected chi connectivity index (χ3v) is 4.17. The van der Waals surface area contributed by atoms with Gasteiger partial charge in [-0.2, -0.15) is 0 Å². The Morgan fingerprint density at radius 1 is 1.15 bits per heavy atom. The van der Waals surface area contributed by atoms with Gasteiger partial charge in [0.15, 0.2) is 0 Å². The van der Waals surface area contributed by atoms with E-state index in [-0.39, 0.29) is 11.7 Å². The van der Waals surface area contributed by atoms with E-state index < -0.39 is 13.6 Å². The molecule has 0 saturated carbocycles. The summed E-state index contributed by atoms with van der Waals surface area (Å²) in [5.41, 5.74) is 0.420. The van der Waals surface area contributed by atoms with E-state index >= 15 is 0 Å². The van der Waals surface area contributed by atoms with Crippen molar-refractivity contribution < 1.29 is 23.1 Å². The molecule has 0 unspecified atom stereocenters. The molecule has 0 radical (unpaired) electrons. The summed E-state index contributed by atoms with van der Waals surface area (Å²) in [7, 11) is -0.827. The van der Waals surface area contributed by atoms with Crippen LogP contribution >= 0.6 is 7.60 Å². The van der Waals surface area contributed by atoms with E-state index in [0.717, 1.165) is 0 Å². The van der Waals surface area contributed by atoms with Crippen molar-refractivity contribution in [1.82, 2.24) is 0 Å². The van der Waals surface area contributed by atoms with Crippen LogP contribution in [0.2, 0.25) is 0 Å². The van der Waals surface area contributed by atoms with Crippen molar-refractivity contribution in [3.8, 4) is 0 Å². The maximum Gasteiger partial charge on any atom is 0.357 e. The number of rotatable bonds is 6. The Kier molecular flexibility index (Phi) is 6.14. The van der Waals surface area contributed by atoms with E-state index in [1.165, 1.54) is 20.0 Å². The van der Waals surface area contributed by atoms with Crippen LogP contribution in [0.25, 0.3) is 0 Å². The number of carbonyl (C=O) groups is 1. The van der Waals surface area contributed by atoms with E-state index in [9.17, 15) is 9.36 Å². The number of carbonyl (C=O) groups excluding carboxylic acids is 1. The predicted octanol–water partition coefficient (Wildman–Crippen LogP) is 3.83. The van der Waals surface area contributed by atoms with Gasteiger partial charge in [-0.05, 0) is 12.1 Å². The fourth-order valence-electron chi connectivity index (χ4n) is 1.37. The maximum absolute atomic E-state index is 12.1. The Bertz CT molecular complexity index is 514. The molecule has 1 rings (SSSR count). The molecule has 0 fully saturated rings. The Balaban J connectivity index is 2.97. The third-order valence-electron chi connectivity index (χ3n) is 2.58. The molecule has 0 aromatic heterocycles. The van der Waals surface area contributed by atoms with Gasteiger partial charge in [-0.25, -0.2) is 4.79 Å². The molecular formula is C14H19O5P. The van der Waals surface area contributed by atoms with Crippen LogP contribution in [0.3, 0.4) is 0 Å². The zero-order valence-electron chi connectivity index (χ0n) is 12.0. The minimum atomic E-state index is -3.38. The molecule has 0 bridgehead atoms. The number of benzene rings is 1. The van der Waals surface area contributed by atoms with Gasteiger partial charge in [-0.15, -0.1) is 0 Å². The quantitative estimate of drug-likeness (QED) is 0.454. The molecule has 0 spiro atoms. The van der Waals surface area contributed by atoms with Crippen molar-refractivity contribution >= 4 is 13.6 Å². The van der Waals surface area contributed by atoms with Gasteiger partial charge in [-0.3, -0.25) is 4.57 Å². The first-order chi connectivity index (χ1) is 9.41. The molecule has 0 atom stereocenters. The average molecular weight is 298 g/mol. The van der Waals surface area contributed by atoms with Crippen LogP contribution in [-0.4, -0.2) is 20.2 Å². The lowest BCUT2D eigenvalue weighted by atomic mass is 10.2. The van der Waals surface area contributed by atoms with Crippen molar-refractivity contribution in [2.75, 3.05) is 14.2 Å². The zero-order chi connectivity index (χ0) is 15.2. The first-order valence-electron chi connectivity index (χ1n) is 6.13. The molecule has 5 nitrogen and oxygen atoms in total. The molecule has 0 N–H and O–H groups in total. The Hall–Kier alpha value is -1.42. The lowest BCUT2D eigenvalue weighted by Crippen LogP contribution is -2.09. The van der Waals surface area contributed by atoms with E-state index in [1.807, 2.05) is 13.8 Å². The van der Waals surface area contributed by atoms with Gasteiger partial charge >= 0.3 is 13.6 Å². The summed E-state index contributed by atoms with van der Waals surface area (Å²) in [6.07, 6.45) is 0. The van der Waals surface area contributed by atoms with E-state index in [2.05, 4.69) is 0 Å². The summed E-state index contributed by atoms with van der Waals surface area (Å²) in [6, 6.07) is 8.58. The second kappa shape index (κ2) is 7.39. The largest absolute Gasteiger partial charge is 0.427 e. The molecule has 0 aliphatic heterocycles. The maximum atomic E-state index is 12.1. The van der Waals surface area contributed by atoms with Crippen LogP contribution in [0.4, 0.5) is 0 Å². The highest BCUT2D eigenvalue weighted by atomic mass is 31.2. The van der Waals surface area contributed by atoms with Crippen LogP contribution in [-0.2, 0) is 18.3 Å². The first-order valence-corrected chi connectivity index (χ1v) is 7.74. The van der Waals surface area contributed by atoms with Gasteiger partial charge in [0.25, 0.3) is 0 Å². The highest BCUT2D eigenvalue weighted by molar-refractivity contribution is 7.57. The number of ether oxygens (including phenoxy) is 1. The number of hydrogen-bond acceptors (Lipinski definition) is 5. The fraction of sp³-hybridized carbons (Fsp3) is 0.357. The molecule has 0 saturated heterocycles. The number of hydrogen-bond donors (Lipinski definition) is 0. The molecule has 0 aliphatic carbocycles. The van der Waals surface area contributed by atoms with Gasteiger partial charge in [0.1, 0.15) is 5.76 Å². The lowest BCUT2D eigenvalue weighted by molar-refractivity contribution is 0.0596. The third kappa shape index (κ3) is 4.60. The smallest absolute Gasteiger partial charge is 0.357 e. The average Bonchev–Trinajstić information content (AvgIpc) is 2.47. The van der Waals surface area contributed by atoms with Gasteiger partial charge < -0.3 is 13.8 Å². The molecule has 110 valence electrons. The Morgan fingerprint density at radius 2 is 1.70 bits per heavy atom. The molecule has 20 heavy (non-hydrogen) atoms. The van der Waals surface area contributed by atoms with Gasteiger partial charge in [-0.1, -0.05) is 32.0 Å². The van der Waals surface area contributed by atoms with Crippen molar-refractivity contribution in [1.29, 1.82) is 0 Å².